The third-order valence-electron chi connectivity index (χ3n) is 7.52. The van der Waals surface area contributed by atoms with Crippen molar-refractivity contribution in [2.75, 3.05) is 13.4 Å². The van der Waals surface area contributed by atoms with Gasteiger partial charge in [0.15, 0.2) is 19.8 Å². The zero-order valence-corrected chi connectivity index (χ0v) is 24.3. The van der Waals surface area contributed by atoms with Crippen LogP contribution in [0.5, 0.6) is 11.5 Å². The van der Waals surface area contributed by atoms with Gasteiger partial charge in [0.2, 0.25) is 15.1 Å². The highest BCUT2D eigenvalue weighted by Gasteiger charge is 2.47. The molecular formula is C26H46O4Si2. The Morgan fingerprint density at radius 3 is 2.00 bits per heavy atom. The minimum atomic E-state index is -2.15. The van der Waals surface area contributed by atoms with Gasteiger partial charge >= 0.3 is 0 Å². The lowest BCUT2D eigenvalue weighted by molar-refractivity contribution is 0.173. The lowest BCUT2D eigenvalue weighted by atomic mass is 10.0. The molecule has 1 aliphatic rings. The standard InChI is InChI=1S/C26H46O4Si2/c1-18(2)32(19(3)4,20(5)6)30-25(21(7)16-29-31(11,12)26(8,9)10)22-13-14-23-24(15-22)28-17-27-23/h13-15,18-20,25H,7,16-17H2,1-6,8-12H3. The Balaban J connectivity index is 2.44. The number of rotatable bonds is 10. The number of hydrogen-bond donors (Lipinski definition) is 0. The molecule has 0 radical (unpaired) electrons. The van der Waals surface area contributed by atoms with Crippen LogP contribution in [0.1, 0.15) is 74.0 Å². The van der Waals surface area contributed by atoms with Gasteiger partial charge in [-0.2, -0.15) is 0 Å². The van der Waals surface area contributed by atoms with E-state index in [0.717, 1.165) is 22.6 Å². The van der Waals surface area contributed by atoms with Crippen LogP contribution in [0.2, 0.25) is 34.8 Å². The summed E-state index contributed by atoms with van der Waals surface area (Å²) >= 11 is 0. The van der Waals surface area contributed by atoms with Gasteiger partial charge in [0.05, 0.1) is 12.7 Å². The molecule has 0 bridgehead atoms. The molecule has 0 fully saturated rings. The van der Waals surface area contributed by atoms with Crippen molar-refractivity contribution in [3.63, 3.8) is 0 Å². The molecule has 1 unspecified atom stereocenters. The second kappa shape index (κ2) is 10.0. The summed E-state index contributed by atoms with van der Waals surface area (Å²) in [5, 5.41) is 0.148. The fourth-order valence-corrected chi connectivity index (χ4v) is 11.1. The molecule has 0 N–H and O–H groups in total. The average Bonchev–Trinajstić information content (AvgIpc) is 3.13. The highest BCUT2D eigenvalue weighted by atomic mass is 28.4. The summed E-state index contributed by atoms with van der Waals surface area (Å²) in [7, 11) is -4.06. The summed E-state index contributed by atoms with van der Waals surface area (Å²) in [6, 6.07) is 6.14. The van der Waals surface area contributed by atoms with Crippen LogP contribution in [-0.4, -0.2) is 30.0 Å². The third-order valence-corrected chi connectivity index (χ3v) is 18.1. The predicted octanol–water partition coefficient (Wildman–Crippen LogP) is 8.23. The van der Waals surface area contributed by atoms with Crippen LogP contribution >= 0.6 is 0 Å². The minimum Gasteiger partial charge on any atom is -0.454 e. The molecule has 0 saturated heterocycles. The molecule has 2 rings (SSSR count). The van der Waals surface area contributed by atoms with Gasteiger partial charge in [0, 0.05) is 0 Å². The molecule has 0 aromatic heterocycles. The fraction of sp³-hybridized carbons (Fsp3) is 0.692. The number of ether oxygens (including phenoxy) is 2. The number of benzene rings is 1. The molecule has 0 saturated carbocycles. The van der Waals surface area contributed by atoms with E-state index < -0.39 is 16.6 Å². The highest BCUT2D eigenvalue weighted by Crippen LogP contribution is 2.47. The van der Waals surface area contributed by atoms with Crippen molar-refractivity contribution >= 4 is 16.6 Å². The topological polar surface area (TPSA) is 36.9 Å². The first kappa shape index (κ1) is 27.2. The van der Waals surface area contributed by atoms with Crippen molar-refractivity contribution in [2.45, 2.75) is 103 Å². The van der Waals surface area contributed by atoms with E-state index in [-0.39, 0.29) is 17.9 Å². The largest absolute Gasteiger partial charge is 0.454 e. The lowest BCUT2D eigenvalue weighted by Crippen LogP contribution is -2.49. The van der Waals surface area contributed by atoms with Gasteiger partial charge in [-0.3, -0.25) is 0 Å². The maximum Gasteiger partial charge on any atom is 0.231 e. The summed E-state index contributed by atoms with van der Waals surface area (Å²) in [5.74, 6) is 1.57. The van der Waals surface area contributed by atoms with Gasteiger partial charge in [-0.25, -0.2) is 0 Å². The van der Waals surface area contributed by atoms with Gasteiger partial charge < -0.3 is 18.3 Å². The Labute approximate surface area is 198 Å². The van der Waals surface area contributed by atoms with Crippen molar-refractivity contribution in [1.29, 1.82) is 0 Å². The first-order valence-electron chi connectivity index (χ1n) is 12.0. The highest BCUT2D eigenvalue weighted by molar-refractivity contribution is 6.77. The van der Waals surface area contributed by atoms with Crippen LogP contribution in [0, 0.1) is 0 Å². The van der Waals surface area contributed by atoms with Crippen LogP contribution in [0.4, 0.5) is 0 Å². The minimum absolute atomic E-state index is 0.148. The van der Waals surface area contributed by atoms with Crippen LogP contribution < -0.4 is 9.47 Å². The normalized spacial score (nSPS) is 15.7. The molecular weight excluding hydrogens is 432 g/mol. The molecule has 1 atom stereocenters. The first-order valence-corrected chi connectivity index (χ1v) is 17.1. The van der Waals surface area contributed by atoms with Gasteiger partial charge in [0.25, 0.3) is 0 Å². The van der Waals surface area contributed by atoms with Gasteiger partial charge in [-0.05, 0) is 58.0 Å². The molecule has 6 heteroatoms. The molecule has 182 valence electrons. The molecule has 0 spiro atoms. The molecule has 1 heterocycles. The van der Waals surface area contributed by atoms with E-state index in [1.165, 1.54) is 0 Å². The smallest absolute Gasteiger partial charge is 0.231 e. The lowest BCUT2D eigenvalue weighted by Gasteiger charge is -2.45. The average molecular weight is 479 g/mol. The Hall–Kier alpha value is -1.09. The van der Waals surface area contributed by atoms with Crippen LogP contribution in [0.15, 0.2) is 30.4 Å². The molecule has 1 aromatic carbocycles. The second-order valence-corrected chi connectivity index (χ2v) is 21.9. The number of fused-ring (bicyclic) bond motifs is 1. The zero-order valence-electron chi connectivity index (χ0n) is 22.3. The summed E-state index contributed by atoms with van der Waals surface area (Å²) in [5.41, 5.74) is 3.48. The van der Waals surface area contributed by atoms with Crippen LogP contribution in [-0.2, 0) is 8.85 Å². The Kier molecular flexibility index (Phi) is 8.52. The fourth-order valence-electron chi connectivity index (χ4n) is 4.64. The van der Waals surface area contributed by atoms with E-state index in [4.69, 9.17) is 18.3 Å². The van der Waals surface area contributed by atoms with Crippen molar-refractivity contribution in [1.82, 2.24) is 0 Å². The van der Waals surface area contributed by atoms with Gasteiger partial charge in [-0.1, -0.05) is 75.0 Å². The van der Waals surface area contributed by atoms with E-state index in [0.29, 0.717) is 23.2 Å². The first-order chi connectivity index (χ1) is 14.6. The Morgan fingerprint density at radius 2 is 1.50 bits per heavy atom. The van der Waals surface area contributed by atoms with Gasteiger partial charge in [0.1, 0.15) is 0 Å². The second-order valence-electron chi connectivity index (χ2n) is 11.6. The summed E-state index contributed by atoms with van der Waals surface area (Å²) in [6.45, 7) is 30.5. The molecule has 0 aliphatic carbocycles. The maximum absolute atomic E-state index is 7.26. The Morgan fingerprint density at radius 1 is 0.969 bits per heavy atom. The maximum atomic E-state index is 7.26. The van der Waals surface area contributed by atoms with E-state index >= 15 is 0 Å². The SMILES string of the molecule is C=C(CO[Si](C)(C)C(C)(C)C)C(O[Si](C(C)C)(C(C)C)C(C)C)c1ccc2c(c1)OCO2. The summed E-state index contributed by atoms with van der Waals surface area (Å²) in [4.78, 5) is 0. The van der Waals surface area contributed by atoms with E-state index in [1.54, 1.807) is 0 Å². The molecule has 1 aliphatic heterocycles. The molecule has 1 aromatic rings. The van der Waals surface area contributed by atoms with Crippen LogP contribution in [0.3, 0.4) is 0 Å². The molecule has 0 amide bonds. The molecule has 4 nitrogen and oxygen atoms in total. The Bertz CT molecular complexity index is 772. The van der Waals surface area contributed by atoms with Crippen molar-refractivity contribution in [3.8, 4) is 11.5 Å². The van der Waals surface area contributed by atoms with Crippen molar-refractivity contribution < 1.29 is 18.3 Å². The summed E-state index contributed by atoms with van der Waals surface area (Å²) in [6.07, 6.45) is -0.229. The van der Waals surface area contributed by atoms with Crippen molar-refractivity contribution in [2.24, 2.45) is 0 Å². The van der Waals surface area contributed by atoms with E-state index in [2.05, 4.69) is 94.1 Å². The predicted molar refractivity (Wildman–Crippen MR) is 140 cm³/mol. The van der Waals surface area contributed by atoms with E-state index in [9.17, 15) is 0 Å². The summed E-state index contributed by atoms with van der Waals surface area (Å²) < 4.78 is 25.0. The zero-order chi connectivity index (χ0) is 24.5. The van der Waals surface area contributed by atoms with Gasteiger partial charge in [-0.15, -0.1) is 0 Å². The third kappa shape index (κ3) is 5.52. The van der Waals surface area contributed by atoms with Crippen molar-refractivity contribution in [3.05, 3.63) is 35.9 Å². The molecule has 32 heavy (non-hydrogen) atoms. The van der Waals surface area contributed by atoms with E-state index in [1.807, 2.05) is 6.07 Å². The number of hydrogen-bond acceptors (Lipinski definition) is 4. The monoisotopic (exact) mass is 478 g/mol. The van der Waals surface area contributed by atoms with Crippen LogP contribution in [0.25, 0.3) is 0 Å². The quantitative estimate of drug-likeness (QED) is 0.251.